The first-order valence-electron chi connectivity index (χ1n) is 10.6. The van der Waals surface area contributed by atoms with Crippen molar-refractivity contribution in [1.29, 1.82) is 0 Å². The van der Waals surface area contributed by atoms with E-state index < -0.39 is 10.0 Å². The maximum Gasteiger partial charge on any atom is 0.243 e. The van der Waals surface area contributed by atoms with Gasteiger partial charge in [-0.15, -0.1) is 0 Å². The van der Waals surface area contributed by atoms with Crippen LogP contribution < -0.4 is 10.2 Å². The molecule has 0 atom stereocenters. The van der Waals surface area contributed by atoms with E-state index in [1.807, 2.05) is 15.9 Å². The average Bonchev–Trinajstić information content (AvgIpc) is 3.31. The molecular weight excluding hydrogens is 419 g/mol. The monoisotopic (exact) mass is 446 g/mol. The minimum atomic E-state index is -3.52. The summed E-state index contributed by atoms with van der Waals surface area (Å²) in [4.78, 5) is 16.7. The van der Waals surface area contributed by atoms with Crippen molar-refractivity contribution in [2.24, 2.45) is 0 Å². The molecule has 2 heterocycles. The van der Waals surface area contributed by atoms with Crippen molar-refractivity contribution in [1.82, 2.24) is 9.21 Å². The third kappa shape index (κ3) is 5.06. The maximum atomic E-state index is 14.0. The van der Waals surface area contributed by atoms with Gasteiger partial charge in [0.1, 0.15) is 5.82 Å². The number of nitrogens with one attached hydrogen (secondary N) is 1. The standard InChI is InChI=1S/C22H27FN4O3S/c23-20-8-1-2-9-21(20)26-14-12-25(13-15-26)17-22(28)24-18-6-5-7-19(16-18)31(29,30)27-10-3-4-11-27/h1-2,5-9,16H,3-4,10-15,17H2,(H,24,28). The molecule has 31 heavy (non-hydrogen) atoms. The second-order valence-corrected chi connectivity index (χ2v) is 9.84. The van der Waals surface area contributed by atoms with Gasteiger partial charge in [0.25, 0.3) is 0 Å². The van der Waals surface area contributed by atoms with Gasteiger partial charge in [-0.1, -0.05) is 18.2 Å². The molecule has 1 N–H and O–H groups in total. The summed E-state index contributed by atoms with van der Waals surface area (Å²) in [7, 11) is -3.52. The highest BCUT2D eigenvalue weighted by Crippen LogP contribution is 2.23. The van der Waals surface area contributed by atoms with Crippen LogP contribution in [0.1, 0.15) is 12.8 Å². The summed E-state index contributed by atoms with van der Waals surface area (Å²) in [6.07, 6.45) is 1.75. The molecule has 2 aliphatic heterocycles. The molecule has 2 aromatic carbocycles. The number of rotatable bonds is 6. The number of para-hydroxylation sites is 1. The fourth-order valence-corrected chi connectivity index (χ4v) is 5.63. The van der Waals surface area contributed by atoms with E-state index in [1.54, 1.807) is 30.3 Å². The number of carbonyl (C=O) groups is 1. The number of piperazine rings is 1. The third-order valence-corrected chi connectivity index (χ3v) is 7.65. The van der Waals surface area contributed by atoms with Gasteiger partial charge in [0.2, 0.25) is 15.9 Å². The lowest BCUT2D eigenvalue weighted by molar-refractivity contribution is -0.117. The van der Waals surface area contributed by atoms with Crippen molar-refractivity contribution in [3.05, 3.63) is 54.3 Å². The highest BCUT2D eigenvalue weighted by Gasteiger charge is 2.27. The highest BCUT2D eigenvalue weighted by atomic mass is 32.2. The first kappa shape index (κ1) is 21.7. The Morgan fingerprint density at radius 3 is 2.35 bits per heavy atom. The van der Waals surface area contributed by atoms with Crippen LogP contribution in [0.5, 0.6) is 0 Å². The molecule has 0 bridgehead atoms. The summed E-state index contributed by atoms with van der Waals surface area (Å²) in [6.45, 7) is 3.84. The highest BCUT2D eigenvalue weighted by molar-refractivity contribution is 7.89. The van der Waals surface area contributed by atoms with Crippen LogP contribution in [0.15, 0.2) is 53.4 Å². The molecule has 0 radical (unpaired) electrons. The first-order chi connectivity index (χ1) is 14.9. The van der Waals surface area contributed by atoms with Gasteiger partial charge in [0, 0.05) is 45.0 Å². The molecule has 2 aliphatic rings. The van der Waals surface area contributed by atoms with Crippen molar-refractivity contribution in [3.63, 3.8) is 0 Å². The molecule has 0 aromatic heterocycles. The third-order valence-electron chi connectivity index (χ3n) is 5.75. The van der Waals surface area contributed by atoms with Gasteiger partial charge >= 0.3 is 0 Å². The largest absolute Gasteiger partial charge is 0.367 e. The van der Waals surface area contributed by atoms with Crippen molar-refractivity contribution < 1.29 is 17.6 Å². The molecule has 0 unspecified atom stereocenters. The Hall–Kier alpha value is -2.49. The second kappa shape index (κ2) is 9.33. The predicted molar refractivity (Wildman–Crippen MR) is 118 cm³/mol. The van der Waals surface area contributed by atoms with E-state index >= 15 is 0 Å². The molecule has 4 rings (SSSR count). The molecule has 1 amide bonds. The number of anilines is 2. The smallest absolute Gasteiger partial charge is 0.243 e. The summed E-state index contributed by atoms with van der Waals surface area (Å²) < 4.78 is 40.9. The van der Waals surface area contributed by atoms with Gasteiger partial charge in [0.05, 0.1) is 17.1 Å². The zero-order valence-electron chi connectivity index (χ0n) is 17.3. The Morgan fingerprint density at radius 2 is 1.65 bits per heavy atom. The Labute approximate surface area is 182 Å². The van der Waals surface area contributed by atoms with E-state index in [2.05, 4.69) is 5.32 Å². The summed E-state index contributed by atoms with van der Waals surface area (Å²) >= 11 is 0. The SMILES string of the molecule is O=C(CN1CCN(c2ccccc2F)CC1)Nc1cccc(S(=O)(=O)N2CCCC2)c1. The molecule has 9 heteroatoms. The number of amides is 1. The minimum Gasteiger partial charge on any atom is -0.367 e. The lowest BCUT2D eigenvalue weighted by atomic mass is 10.2. The Balaban J connectivity index is 1.32. The number of hydrogen-bond acceptors (Lipinski definition) is 5. The Bertz CT molecular complexity index is 1030. The molecule has 166 valence electrons. The van der Waals surface area contributed by atoms with Crippen LogP contribution in [0.4, 0.5) is 15.8 Å². The summed E-state index contributed by atoms with van der Waals surface area (Å²) in [5.41, 5.74) is 1.05. The minimum absolute atomic E-state index is 0.199. The van der Waals surface area contributed by atoms with Gasteiger partial charge in [-0.3, -0.25) is 9.69 Å². The van der Waals surface area contributed by atoms with Gasteiger partial charge in [-0.2, -0.15) is 4.31 Å². The van der Waals surface area contributed by atoms with Crippen LogP contribution >= 0.6 is 0 Å². The van der Waals surface area contributed by atoms with Crippen LogP contribution in [0, 0.1) is 5.82 Å². The van der Waals surface area contributed by atoms with Crippen molar-refractivity contribution in [3.8, 4) is 0 Å². The van der Waals surface area contributed by atoms with E-state index in [0.29, 0.717) is 50.6 Å². The number of halogens is 1. The van der Waals surface area contributed by atoms with E-state index in [-0.39, 0.29) is 23.2 Å². The van der Waals surface area contributed by atoms with Crippen molar-refractivity contribution >= 4 is 27.3 Å². The normalized spacial score (nSPS) is 18.3. The summed E-state index contributed by atoms with van der Waals surface area (Å²) in [5.74, 6) is -0.437. The van der Waals surface area contributed by atoms with Crippen LogP contribution in [-0.4, -0.2) is 69.3 Å². The molecule has 0 saturated carbocycles. The average molecular weight is 447 g/mol. The maximum absolute atomic E-state index is 14.0. The quantitative estimate of drug-likeness (QED) is 0.738. The lowest BCUT2D eigenvalue weighted by Gasteiger charge is -2.35. The van der Waals surface area contributed by atoms with E-state index in [0.717, 1.165) is 12.8 Å². The van der Waals surface area contributed by atoms with Gasteiger partial charge in [-0.05, 0) is 43.2 Å². The van der Waals surface area contributed by atoms with Crippen LogP contribution in [0.2, 0.25) is 0 Å². The first-order valence-corrected chi connectivity index (χ1v) is 12.0. The molecule has 2 saturated heterocycles. The topological polar surface area (TPSA) is 73.0 Å². The van der Waals surface area contributed by atoms with E-state index in [4.69, 9.17) is 0 Å². The fraction of sp³-hybridized carbons (Fsp3) is 0.409. The lowest BCUT2D eigenvalue weighted by Crippen LogP contribution is -2.48. The molecule has 2 aromatic rings. The van der Waals surface area contributed by atoms with Crippen LogP contribution in [-0.2, 0) is 14.8 Å². The van der Waals surface area contributed by atoms with Crippen LogP contribution in [0.25, 0.3) is 0 Å². The van der Waals surface area contributed by atoms with Gasteiger partial charge < -0.3 is 10.2 Å². The molecule has 2 fully saturated rings. The number of carbonyl (C=O) groups excluding carboxylic acids is 1. The number of sulfonamides is 1. The van der Waals surface area contributed by atoms with E-state index in [1.165, 1.54) is 16.4 Å². The van der Waals surface area contributed by atoms with Gasteiger partial charge in [0.15, 0.2) is 0 Å². The van der Waals surface area contributed by atoms with Crippen LogP contribution in [0.3, 0.4) is 0 Å². The number of benzene rings is 2. The number of hydrogen-bond donors (Lipinski definition) is 1. The number of nitrogens with zero attached hydrogens (tertiary/aromatic N) is 3. The van der Waals surface area contributed by atoms with Crippen molar-refractivity contribution in [2.45, 2.75) is 17.7 Å². The Kier molecular flexibility index (Phi) is 6.54. The van der Waals surface area contributed by atoms with Crippen molar-refractivity contribution in [2.75, 3.05) is 56.0 Å². The molecular formula is C22H27FN4O3S. The fourth-order valence-electron chi connectivity index (χ4n) is 4.07. The van der Waals surface area contributed by atoms with Gasteiger partial charge in [-0.25, -0.2) is 12.8 Å². The molecule has 0 aliphatic carbocycles. The predicted octanol–water partition coefficient (Wildman–Crippen LogP) is 2.37. The molecule has 0 spiro atoms. The zero-order chi connectivity index (χ0) is 21.8. The summed E-state index contributed by atoms with van der Waals surface area (Å²) in [6, 6.07) is 13.1. The Morgan fingerprint density at radius 1 is 0.935 bits per heavy atom. The second-order valence-electron chi connectivity index (χ2n) is 7.90. The van der Waals surface area contributed by atoms with E-state index in [9.17, 15) is 17.6 Å². The molecule has 7 nitrogen and oxygen atoms in total. The zero-order valence-corrected chi connectivity index (χ0v) is 18.2. The summed E-state index contributed by atoms with van der Waals surface area (Å²) in [5, 5.41) is 2.81.